The number of hydrogen-bond donors (Lipinski definition) is 2. The maximum atomic E-state index is 13.2. The monoisotopic (exact) mass is 581 g/mol. The lowest BCUT2D eigenvalue weighted by molar-refractivity contribution is -0.132. The second kappa shape index (κ2) is 12.4. The van der Waals surface area contributed by atoms with E-state index in [4.69, 9.17) is 32.4 Å². The molecule has 0 aliphatic carbocycles. The van der Waals surface area contributed by atoms with E-state index in [-0.39, 0.29) is 30.7 Å². The average molecular weight is 582 g/mol. The number of pyridine rings is 2. The maximum Gasteiger partial charge on any atom is 0.287 e. The first-order valence-electron chi connectivity index (χ1n) is 12.6. The van der Waals surface area contributed by atoms with Gasteiger partial charge in [-0.3, -0.25) is 19.4 Å². The molecule has 1 fully saturated rings. The Morgan fingerprint density at radius 1 is 1.07 bits per heavy atom. The number of benzene rings is 1. The number of likely N-dealkylation sites (tertiary alicyclic amines) is 1. The number of amides is 3. The number of nitrogens with one attached hydrogen (secondary N) is 2. The summed E-state index contributed by atoms with van der Waals surface area (Å²) in [6.07, 6.45) is 3.62. The Morgan fingerprint density at radius 2 is 1.93 bits per heavy atom. The number of halogens is 2. The lowest BCUT2D eigenvalue weighted by Crippen LogP contribution is -2.50. The molecular formula is C28H25Cl2N5O5. The third-order valence-electron chi connectivity index (χ3n) is 6.36. The zero-order chi connectivity index (χ0) is 28.1. The fraction of sp³-hybridized carbons (Fsp3) is 0.250. The molecule has 2 N–H and O–H groups in total. The first kappa shape index (κ1) is 27.4. The number of hydrogen-bond acceptors (Lipinski definition) is 7. The van der Waals surface area contributed by atoms with Crippen LogP contribution < -0.4 is 15.4 Å². The van der Waals surface area contributed by atoms with Crippen molar-refractivity contribution in [3.05, 3.63) is 88.5 Å². The van der Waals surface area contributed by atoms with Gasteiger partial charge in [-0.2, -0.15) is 0 Å². The zero-order valence-corrected chi connectivity index (χ0v) is 22.7. The molecule has 10 nitrogen and oxygen atoms in total. The molecule has 2 atom stereocenters. The molecular weight excluding hydrogens is 557 g/mol. The minimum atomic E-state index is -1.00. The highest BCUT2D eigenvalue weighted by Crippen LogP contribution is 2.23. The first-order chi connectivity index (χ1) is 19.3. The minimum absolute atomic E-state index is 0.0328. The first-order valence-corrected chi connectivity index (χ1v) is 13.3. The number of ether oxygens (including phenoxy) is 1. The summed E-state index contributed by atoms with van der Waals surface area (Å²) in [6.45, 7) is 0.614. The molecule has 206 valence electrons. The Hall–Kier alpha value is -4.15. The molecule has 0 saturated carbocycles. The number of aromatic nitrogens is 2. The van der Waals surface area contributed by atoms with Crippen LogP contribution in [0.3, 0.4) is 0 Å². The van der Waals surface area contributed by atoms with Gasteiger partial charge in [-0.1, -0.05) is 29.3 Å². The van der Waals surface area contributed by atoms with Crippen molar-refractivity contribution in [3.8, 4) is 5.88 Å². The average Bonchev–Trinajstić information content (AvgIpc) is 3.60. The fourth-order valence-corrected chi connectivity index (χ4v) is 4.64. The van der Waals surface area contributed by atoms with Crippen molar-refractivity contribution in [1.29, 1.82) is 0 Å². The van der Waals surface area contributed by atoms with Gasteiger partial charge in [0, 0.05) is 53.9 Å². The van der Waals surface area contributed by atoms with E-state index in [2.05, 4.69) is 20.6 Å². The Labute approximate surface area is 239 Å². The Balaban J connectivity index is 1.19. The van der Waals surface area contributed by atoms with E-state index >= 15 is 0 Å². The predicted molar refractivity (Wildman–Crippen MR) is 148 cm³/mol. The van der Waals surface area contributed by atoms with E-state index in [1.807, 2.05) is 0 Å². The van der Waals surface area contributed by atoms with Crippen molar-refractivity contribution in [3.63, 3.8) is 0 Å². The highest BCUT2D eigenvalue weighted by atomic mass is 35.5. The van der Waals surface area contributed by atoms with Crippen LogP contribution in [0.25, 0.3) is 11.0 Å². The van der Waals surface area contributed by atoms with Gasteiger partial charge < -0.3 is 24.7 Å². The van der Waals surface area contributed by atoms with Crippen molar-refractivity contribution in [1.82, 2.24) is 25.5 Å². The molecule has 1 aliphatic heterocycles. The van der Waals surface area contributed by atoms with Crippen LogP contribution in [-0.2, 0) is 16.0 Å². The fourth-order valence-electron chi connectivity index (χ4n) is 4.34. The van der Waals surface area contributed by atoms with Crippen molar-refractivity contribution >= 4 is 51.9 Å². The summed E-state index contributed by atoms with van der Waals surface area (Å²) in [5.41, 5.74) is 1.09. The van der Waals surface area contributed by atoms with Gasteiger partial charge in [0.05, 0.1) is 18.1 Å². The second-order valence-electron chi connectivity index (χ2n) is 9.24. The molecule has 4 aromatic rings. The van der Waals surface area contributed by atoms with Crippen LogP contribution in [0.15, 0.2) is 71.4 Å². The molecule has 1 aromatic carbocycles. The van der Waals surface area contributed by atoms with Crippen LogP contribution >= 0.6 is 23.2 Å². The third-order valence-corrected chi connectivity index (χ3v) is 6.82. The summed E-state index contributed by atoms with van der Waals surface area (Å²) in [5, 5.41) is 7.04. The van der Waals surface area contributed by atoms with Gasteiger partial charge in [-0.05, 0) is 42.5 Å². The number of fused-ring (bicyclic) bond motifs is 1. The number of rotatable bonds is 9. The highest BCUT2D eigenvalue weighted by molar-refractivity contribution is 6.31. The van der Waals surface area contributed by atoms with Gasteiger partial charge >= 0.3 is 0 Å². The number of furan rings is 1. The van der Waals surface area contributed by atoms with E-state index in [9.17, 15) is 14.4 Å². The van der Waals surface area contributed by atoms with Crippen LogP contribution in [0.2, 0.25) is 10.0 Å². The van der Waals surface area contributed by atoms with Gasteiger partial charge in [0.15, 0.2) is 5.76 Å². The summed E-state index contributed by atoms with van der Waals surface area (Å²) >= 11 is 11.9. The largest absolute Gasteiger partial charge is 0.472 e. The molecule has 0 spiro atoms. The van der Waals surface area contributed by atoms with Gasteiger partial charge in [0.2, 0.25) is 17.7 Å². The van der Waals surface area contributed by atoms with Gasteiger partial charge in [-0.25, -0.2) is 4.98 Å². The molecule has 40 heavy (non-hydrogen) atoms. The van der Waals surface area contributed by atoms with E-state index in [0.717, 1.165) is 0 Å². The maximum absolute atomic E-state index is 13.2. The summed E-state index contributed by atoms with van der Waals surface area (Å²) in [5.74, 6) is -0.905. The van der Waals surface area contributed by atoms with E-state index in [1.165, 1.54) is 6.20 Å². The number of nitrogens with zero attached hydrogens (tertiary/aromatic N) is 3. The van der Waals surface area contributed by atoms with Gasteiger partial charge in [0.25, 0.3) is 5.91 Å². The molecule has 1 aliphatic rings. The predicted octanol–water partition coefficient (Wildman–Crippen LogP) is 3.67. The smallest absolute Gasteiger partial charge is 0.287 e. The molecule has 1 saturated heterocycles. The third kappa shape index (κ3) is 6.88. The second-order valence-corrected chi connectivity index (χ2v) is 10.1. The quantitative estimate of drug-likeness (QED) is 0.309. The molecule has 12 heteroatoms. The summed E-state index contributed by atoms with van der Waals surface area (Å²) in [6, 6.07) is 14.2. The number of carbonyl (C=O) groups is 3. The van der Waals surface area contributed by atoms with Crippen molar-refractivity contribution < 1.29 is 23.5 Å². The van der Waals surface area contributed by atoms with Crippen molar-refractivity contribution in [2.24, 2.45) is 0 Å². The van der Waals surface area contributed by atoms with Crippen LogP contribution in [0.1, 0.15) is 22.7 Å². The van der Waals surface area contributed by atoms with Crippen LogP contribution in [-0.4, -0.2) is 64.4 Å². The van der Waals surface area contributed by atoms with E-state index < -0.39 is 17.9 Å². The molecule has 3 aromatic heterocycles. The minimum Gasteiger partial charge on any atom is -0.472 e. The zero-order valence-electron chi connectivity index (χ0n) is 21.2. The molecule has 4 heterocycles. The Bertz CT molecular complexity index is 1510. The van der Waals surface area contributed by atoms with Gasteiger partial charge in [0.1, 0.15) is 17.7 Å². The van der Waals surface area contributed by atoms with Crippen molar-refractivity contribution in [2.45, 2.75) is 25.0 Å². The molecule has 0 radical (unpaired) electrons. The lowest BCUT2D eigenvalue weighted by atomic mass is 10.1. The van der Waals surface area contributed by atoms with Crippen molar-refractivity contribution in [2.75, 3.05) is 19.6 Å². The van der Waals surface area contributed by atoms with Crippen LogP contribution in [0.4, 0.5) is 0 Å². The van der Waals surface area contributed by atoms with Gasteiger partial charge in [-0.15, -0.1) is 0 Å². The Kier molecular flexibility index (Phi) is 8.47. The summed E-state index contributed by atoms with van der Waals surface area (Å²) < 4.78 is 11.5. The SMILES string of the molecule is O=C(N[C@@H](Cc1ccccn1)C(=O)NCC(=O)N1CCC(Oc2ccc(Cl)cn2)C1)c1cc2cc(Cl)ccc2o1. The van der Waals surface area contributed by atoms with Crippen LogP contribution in [0, 0.1) is 0 Å². The molecule has 0 bridgehead atoms. The number of carbonyl (C=O) groups excluding carboxylic acids is 3. The van der Waals surface area contributed by atoms with Crippen LogP contribution in [0.5, 0.6) is 5.88 Å². The standard InChI is InChI=1S/C28H25Cl2N5O5/c29-18-4-6-23-17(11-18)12-24(40-23)28(38)34-22(13-20-3-1-2-9-31-20)27(37)33-15-26(36)35-10-8-21(16-35)39-25-7-5-19(30)14-32-25/h1-7,9,11-12,14,21-22H,8,10,13,15-16H2,(H,33,37)(H,34,38)/t21?,22-/m0/s1. The summed E-state index contributed by atoms with van der Waals surface area (Å²) in [4.78, 5) is 49.0. The van der Waals surface area contributed by atoms with E-state index in [1.54, 1.807) is 65.7 Å². The highest BCUT2D eigenvalue weighted by Gasteiger charge is 2.29. The Morgan fingerprint density at radius 3 is 2.70 bits per heavy atom. The molecule has 1 unspecified atom stereocenters. The molecule has 5 rings (SSSR count). The topological polar surface area (TPSA) is 127 Å². The lowest BCUT2D eigenvalue weighted by Gasteiger charge is -2.20. The molecule has 3 amide bonds. The normalized spacial score (nSPS) is 15.6. The summed E-state index contributed by atoms with van der Waals surface area (Å²) in [7, 11) is 0. The van der Waals surface area contributed by atoms with E-state index in [0.29, 0.717) is 52.1 Å².